The molecule has 0 fully saturated rings. The van der Waals surface area contributed by atoms with E-state index >= 15 is 0 Å². The van der Waals surface area contributed by atoms with Gasteiger partial charge >= 0.3 is 6.18 Å². The number of hydrogen-bond donors (Lipinski definition) is 2. The molecule has 0 radical (unpaired) electrons. The van der Waals surface area contributed by atoms with Crippen LogP contribution in [0.1, 0.15) is 31.9 Å². The lowest BCUT2D eigenvalue weighted by Gasteiger charge is -2.26. The number of methoxy groups -OCH3 is 1. The molecule has 0 saturated carbocycles. The van der Waals surface area contributed by atoms with E-state index in [1.807, 2.05) is 0 Å². The molecule has 23 heavy (non-hydrogen) atoms. The Kier molecular flexibility index (Phi) is 7.37. The molecule has 0 heterocycles. The van der Waals surface area contributed by atoms with Gasteiger partial charge in [0.05, 0.1) is 18.7 Å². The minimum absolute atomic E-state index is 0. The van der Waals surface area contributed by atoms with E-state index in [0.29, 0.717) is 0 Å². The Labute approximate surface area is 140 Å². The van der Waals surface area contributed by atoms with Crippen molar-refractivity contribution < 1.29 is 22.7 Å². The van der Waals surface area contributed by atoms with Gasteiger partial charge in [-0.15, -0.1) is 12.4 Å². The highest BCUT2D eigenvalue weighted by Crippen LogP contribution is 2.34. The molecule has 0 spiro atoms. The Morgan fingerprint density at radius 1 is 1.30 bits per heavy atom. The average molecular weight is 355 g/mol. The van der Waals surface area contributed by atoms with Crippen molar-refractivity contribution in [1.82, 2.24) is 5.32 Å². The van der Waals surface area contributed by atoms with Gasteiger partial charge in [-0.2, -0.15) is 13.2 Å². The van der Waals surface area contributed by atoms with Gasteiger partial charge in [-0.25, -0.2) is 0 Å². The smallest absolute Gasteiger partial charge is 0.416 e. The molecule has 1 atom stereocenters. The Hall–Kier alpha value is -1.47. The van der Waals surface area contributed by atoms with E-state index in [1.165, 1.54) is 19.2 Å². The molecular formula is C15H22ClF3N2O2. The summed E-state index contributed by atoms with van der Waals surface area (Å²) >= 11 is 0. The molecule has 1 rings (SSSR count). The third-order valence-corrected chi connectivity index (χ3v) is 3.29. The number of nitrogens with one attached hydrogen (secondary N) is 1. The van der Waals surface area contributed by atoms with Crippen LogP contribution in [0, 0.1) is 5.41 Å². The van der Waals surface area contributed by atoms with Crippen LogP contribution >= 0.6 is 12.4 Å². The fraction of sp³-hybridized carbons (Fsp3) is 0.533. The molecule has 132 valence electrons. The van der Waals surface area contributed by atoms with Gasteiger partial charge in [-0.05, 0) is 23.1 Å². The molecule has 0 aliphatic rings. The van der Waals surface area contributed by atoms with Crippen molar-refractivity contribution in [3.63, 3.8) is 0 Å². The second kappa shape index (κ2) is 7.88. The monoisotopic (exact) mass is 354 g/mol. The maximum Gasteiger partial charge on any atom is 0.416 e. The quantitative estimate of drug-likeness (QED) is 0.873. The second-order valence-corrected chi connectivity index (χ2v) is 6.08. The van der Waals surface area contributed by atoms with Crippen molar-refractivity contribution in [1.29, 1.82) is 0 Å². The van der Waals surface area contributed by atoms with E-state index in [1.54, 1.807) is 20.8 Å². The molecule has 8 heteroatoms. The fourth-order valence-corrected chi connectivity index (χ4v) is 1.79. The largest absolute Gasteiger partial charge is 0.497 e. The zero-order valence-electron chi connectivity index (χ0n) is 13.5. The zero-order chi connectivity index (χ0) is 17.1. The van der Waals surface area contributed by atoms with Crippen molar-refractivity contribution in [2.45, 2.75) is 39.5 Å². The average Bonchev–Trinajstić information content (AvgIpc) is 2.41. The van der Waals surface area contributed by atoms with Gasteiger partial charge in [-0.1, -0.05) is 26.8 Å². The van der Waals surface area contributed by atoms with E-state index in [0.717, 1.165) is 6.07 Å². The van der Waals surface area contributed by atoms with Gasteiger partial charge in [0.25, 0.3) is 0 Å². The first-order chi connectivity index (χ1) is 9.96. The van der Waals surface area contributed by atoms with E-state index < -0.39 is 29.1 Å². The number of rotatable bonds is 4. The van der Waals surface area contributed by atoms with Crippen LogP contribution in [-0.4, -0.2) is 19.1 Å². The molecular weight excluding hydrogens is 333 g/mol. The van der Waals surface area contributed by atoms with Crippen LogP contribution in [0.5, 0.6) is 5.75 Å². The SMILES string of the molecule is COc1ccc(CNC(=O)[C@@H](N)C(C)(C)C)c(C(F)(F)F)c1.Cl. The van der Waals surface area contributed by atoms with Gasteiger partial charge in [0.2, 0.25) is 5.91 Å². The van der Waals surface area contributed by atoms with Crippen molar-refractivity contribution >= 4 is 18.3 Å². The standard InChI is InChI=1S/C15H21F3N2O2.ClH/c1-14(2,3)12(19)13(21)20-8-9-5-6-10(22-4)7-11(9)15(16,17)18;/h5-7,12H,8,19H2,1-4H3,(H,20,21);1H/t12-;/m1./s1. The summed E-state index contributed by atoms with van der Waals surface area (Å²) < 4.78 is 43.9. The van der Waals surface area contributed by atoms with E-state index in [2.05, 4.69) is 5.32 Å². The highest BCUT2D eigenvalue weighted by Gasteiger charge is 2.34. The molecule has 0 bridgehead atoms. The Morgan fingerprint density at radius 3 is 2.30 bits per heavy atom. The predicted molar refractivity (Wildman–Crippen MR) is 84.5 cm³/mol. The molecule has 0 unspecified atom stereocenters. The molecule has 0 aliphatic heterocycles. The first-order valence-corrected chi connectivity index (χ1v) is 6.74. The van der Waals surface area contributed by atoms with Gasteiger partial charge in [0.1, 0.15) is 5.75 Å². The third-order valence-electron chi connectivity index (χ3n) is 3.29. The van der Waals surface area contributed by atoms with Gasteiger partial charge in [0, 0.05) is 6.54 Å². The van der Waals surface area contributed by atoms with E-state index in [4.69, 9.17) is 10.5 Å². The lowest BCUT2D eigenvalue weighted by atomic mass is 9.87. The molecule has 3 N–H and O–H groups in total. The Balaban J connectivity index is 0.00000484. The molecule has 1 aromatic carbocycles. The molecule has 0 saturated heterocycles. The van der Waals surface area contributed by atoms with Crippen LogP contribution in [0.3, 0.4) is 0 Å². The number of benzene rings is 1. The summed E-state index contributed by atoms with van der Waals surface area (Å²) in [6.07, 6.45) is -4.53. The minimum Gasteiger partial charge on any atom is -0.497 e. The van der Waals surface area contributed by atoms with Crippen molar-refractivity contribution in [2.24, 2.45) is 11.1 Å². The van der Waals surface area contributed by atoms with Gasteiger partial charge in [0.15, 0.2) is 0 Å². The van der Waals surface area contributed by atoms with Crippen molar-refractivity contribution in [3.05, 3.63) is 29.3 Å². The summed E-state index contributed by atoms with van der Waals surface area (Å²) in [5, 5.41) is 2.45. The van der Waals surface area contributed by atoms with Crippen LogP contribution in [0.25, 0.3) is 0 Å². The lowest BCUT2D eigenvalue weighted by Crippen LogP contribution is -2.48. The Morgan fingerprint density at radius 2 is 1.87 bits per heavy atom. The second-order valence-electron chi connectivity index (χ2n) is 6.08. The van der Waals surface area contributed by atoms with Crippen LogP contribution in [0.15, 0.2) is 18.2 Å². The molecule has 4 nitrogen and oxygen atoms in total. The van der Waals surface area contributed by atoms with E-state index in [9.17, 15) is 18.0 Å². The van der Waals surface area contributed by atoms with Crippen LogP contribution < -0.4 is 15.8 Å². The number of ether oxygens (including phenoxy) is 1. The fourth-order valence-electron chi connectivity index (χ4n) is 1.79. The topological polar surface area (TPSA) is 64.3 Å². The van der Waals surface area contributed by atoms with Crippen molar-refractivity contribution in [2.75, 3.05) is 7.11 Å². The first kappa shape index (κ1) is 21.5. The Bertz CT molecular complexity index is 543. The van der Waals surface area contributed by atoms with Gasteiger partial charge < -0.3 is 15.8 Å². The van der Waals surface area contributed by atoms with E-state index in [-0.39, 0.29) is 30.3 Å². The molecule has 0 aromatic heterocycles. The number of hydrogen-bond acceptors (Lipinski definition) is 3. The van der Waals surface area contributed by atoms with Crippen LogP contribution in [0.4, 0.5) is 13.2 Å². The molecule has 0 aliphatic carbocycles. The highest BCUT2D eigenvalue weighted by molar-refractivity contribution is 5.85. The number of nitrogens with two attached hydrogens (primary N) is 1. The zero-order valence-corrected chi connectivity index (χ0v) is 14.3. The lowest BCUT2D eigenvalue weighted by molar-refractivity contribution is -0.138. The normalized spacial score (nSPS) is 13.0. The molecule has 1 aromatic rings. The summed E-state index contributed by atoms with van der Waals surface area (Å²) in [6.45, 7) is 5.10. The summed E-state index contributed by atoms with van der Waals surface area (Å²) in [4.78, 5) is 11.9. The summed E-state index contributed by atoms with van der Waals surface area (Å²) in [7, 11) is 1.29. The number of alkyl halides is 3. The maximum atomic E-state index is 13.0. The highest BCUT2D eigenvalue weighted by atomic mass is 35.5. The molecule has 1 amide bonds. The summed E-state index contributed by atoms with van der Waals surface area (Å²) in [5.41, 5.74) is 4.42. The third kappa shape index (κ3) is 5.91. The van der Waals surface area contributed by atoms with Crippen molar-refractivity contribution in [3.8, 4) is 5.75 Å². The number of carbonyl (C=O) groups is 1. The maximum absolute atomic E-state index is 13.0. The number of halogens is 4. The number of carbonyl (C=O) groups excluding carboxylic acids is 1. The number of amides is 1. The summed E-state index contributed by atoms with van der Waals surface area (Å²) in [6, 6.07) is 2.80. The van der Waals surface area contributed by atoms with Crippen LogP contribution in [0.2, 0.25) is 0 Å². The summed E-state index contributed by atoms with van der Waals surface area (Å²) in [5.74, 6) is -0.384. The van der Waals surface area contributed by atoms with Gasteiger partial charge in [-0.3, -0.25) is 4.79 Å². The minimum atomic E-state index is -4.53. The predicted octanol–water partition coefficient (Wildman–Crippen LogP) is 3.13. The first-order valence-electron chi connectivity index (χ1n) is 6.74. The van der Waals surface area contributed by atoms with Crippen LogP contribution in [-0.2, 0) is 17.5 Å².